The number of H-pyrrole nitrogens is 1. The molecule has 0 spiro atoms. The van der Waals surface area contributed by atoms with Crippen molar-refractivity contribution in [2.24, 2.45) is 7.05 Å². The maximum absolute atomic E-state index is 4.42. The highest BCUT2D eigenvalue weighted by atomic mass is 15.3. The Kier molecular flexibility index (Phi) is 3.20. The summed E-state index contributed by atoms with van der Waals surface area (Å²) in [4.78, 5) is 8.71. The van der Waals surface area contributed by atoms with Gasteiger partial charge in [-0.25, -0.2) is 0 Å². The summed E-state index contributed by atoms with van der Waals surface area (Å²) in [6.07, 6.45) is 4.39. The van der Waals surface area contributed by atoms with Gasteiger partial charge < -0.3 is 10.6 Å². The highest BCUT2D eigenvalue weighted by Crippen LogP contribution is 2.19. The van der Waals surface area contributed by atoms with Crippen LogP contribution < -0.4 is 10.6 Å². The first kappa shape index (κ1) is 12.4. The molecule has 3 heterocycles. The molecule has 0 bridgehead atoms. The van der Waals surface area contributed by atoms with E-state index in [4.69, 9.17) is 0 Å². The minimum absolute atomic E-state index is 0.560. The molecule has 3 aromatic heterocycles. The van der Waals surface area contributed by atoms with Gasteiger partial charge in [0.05, 0.1) is 11.6 Å². The number of hydrogen-bond acceptors (Lipinski definition) is 6. The topological polar surface area (TPSA) is 96.3 Å². The normalized spacial score (nSPS) is 10.9. The van der Waals surface area contributed by atoms with Crippen LogP contribution in [0.2, 0.25) is 0 Å². The largest absolute Gasteiger partial charge is 0.369 e. The molecule has 0 aliphatic rings. The summed E-state index contributed by atoms with van der Waals surface area (Å²) >= 11 is 0. The lowest BCUT2D eigenvalue weighted by atomic mass is 10.3. The molecule has 0 atom stereocenters. The van der Waals surface area contributed by atoms with E-state index in [1.54, 1.807) is 19.4 Å². The molecule has 3 rings (SSSR count). The molecule has 0 amide bonds. The van der Waals surface area contributed by atoms with Gasteiger partial charge >= 0.3 is 0 Å². The summed E-state index contributed by atoms with van der Waals surface area (Å²) in [5.74, 6) is 1.33. The van der Waals surface area contributed by atoms with E-state index in [2.05, 4.69) is 35.9 Å². The van der Waals surface area contributed by atoms with Crippen molar-refractivity contribution < 1.29 is 0 Å². The molecular formula is C12H16N8. The first-order valence-electron chi connectivity index (χ1n) is 6.37. The van der Waals surface area contributed by atoms with E-state index in [-0.39, 0.29) is 0 Å². The van der Waals surface area contributed by atoms with Gasteiger partial charge in [-0.05, 0) is 6.07 Å². The maximum Gasteiger partial charge on any atom is 0.226 e. The summed E-state index contributed by atoms with van der Waals surface area (Å²) in [5.41, 5.74) is 1.89. The average molecular weight is 272 g/mol. The van der Waals surface area contributed by atoms with Crippen molar-refractivity contribution in [2.45, 2.75) is 6.42 Å². The number of nitrogens with one attached hydrogen (secondary N) is 3. The van der Waals surface area contributed by atoms with E-state index in [9.17, 15) is 0 Å². The molecule has 0 saturated carbocycles. The molecule has 8 nitrogen and oxygen atoms in total. The fourth-order valence-corrected chi connectivity index (χ4v) is 2.04. The third-order valence-corrected chi connectivity index (χ3v) is 3.13. The smallest absolute Gasteiger partial charge is 0.226 e. The van der Waals surface area contributed by atoms with Crippen LogP contribution in [0.3, 0.4) is 0 Å². The van der Waals surface area contributed by atoms with E-state index in [1.165, 1.54) is 5.69 Å². The van der Waals surface area contributed by atoms with Crippen molar-refractivity contribution in [2.75, 3.05) is 24.2 Å². The second-order valence-corrected chi connectivity index (χ2v) is 4.40. The zero-order valence-corrected chi connectivity index (χ0v) is 11.4. The second kappa shape index (κ2) is 5.16. The van der Waals surface area contributed by atoms with E-state index in [0.717, 1.165) is 24.2 Å². The Morgan fingerprint density at radius 2 is 2.25 bits per heavy atom. The van der Waals surface area contributed by atoms with E-state index in [0.29, 0.717) is 11.6 Å². The molecule has 0 fully saturated rings. The molecule has 8 heteroatoms. The zero-order chi connectivity index (χ0) is 13.9. The van der Waals surface area contributed by atoms with Gasteiger partial charge in [-0.1, -0.05) is 0 Å². The van der Waals surface area contributed by atoms with Gasteiger partial charge in [0.25, 0.3) is 0 Å². The van der Waals surface area contributed by atoms with Crippen molar-refractivity contribution in [1.82, 2.24) is 29.9 Å². The minimum Gasteiger partial charge on any atom is -0.369 e. The van der Waals surface area contributed by atoms with Crippen LogP contribution in [0.4, 0.5) is 11.8 Å². The first-order valence-corrected chi connectivity index (χ1v) is 6.37. The predicted octanol–water partition coefficient (Wildman–Crippen LogP) is 0.783. The van der Waals surface area contributed by atoms with Crippen LogP contribution in [0.25, 0.3) is 11.0 Å². The van der Waals surface area contributed by atoms with Gasteiger partial charge in [0.15, 0.2) is 5.65 Å². The molecule has 3 aromatic rings. The lowest BCUT2D eigenvalue weighted by molar-refractivity contribution is 0.711. The van der Waals surface area contributed by atoms with E-state index < -0.39 is 0 Å². The van der Waals surface area contributed by atoms with Crippen molar-refractivity contribution in [3.63, 3.8) is 0 Å². The Hall–Kier alpha value is -2.64. The van der Waals surface area contributed by atoms with Crippen LogP contribution in [-0.4, -0.2) is 43.5 Å². The number of aromatic amines is 1. The monoisotopic (exact) mass is 272 g/mol. The number of anilines is 2. The van der Waals surface area contributed by atoms with Crippen LogP contribution in [0.1, 0.15) is 5.69 Å². The summed E-state index contributed by atoms with van der Waals surface area (Å²) in [7, 11) is 3.73. The number of rotatable bonds is 5. The first-order chi connectivity index (χ1) is 9.78. The summed E-state index contributed by atoms with van der Waals surface area (Å²) < 4.78 is 1.87. The fourth-order valence-electron chi connectivity index (χ4n) is 2.04. The van der Waals surface area contributed by atoms with E-state index in [1.807, 2.05) is 17.8 Å². The summed E-state index contributed by atoms with van der Waals surface area (Å²) in [5, 5.41) is 18.1. The lowest BCUT2D eigenvalue weighted by Crippen LogP contribution is -2.10. The van der Waals surface area contributed by atoms with Gasteiger partial charge in [0.1, 0.15) is 5.82 Å². The molecule has 0 aliphatic carbocycles. The van der Waals surface area contributed by atoms with Gasteiger partial charge in [0.2, 0.25) is 5.95 Å². The Bertz CT molecular complexity index is 713. The number of hydrogen-bond donors (Lipinski definition) is 3. The quantitative estimate of drug-likeness (QED) is 0.635. The fraction of sp³-hybridized carbons (Fsp3) is 0.333. The number of aromatic nitrogens is 6. The van der Waals surface area contributed by atoms with Crippen LogP contribution in [0, 0.1) is 0 Å². The molecule has 0 radical (unpaired) electrons. The van der Waals surface area contributed by atoms with E-state index >= 15 is 0 Å². The molecule has 0 saturated heterocycles. The number of fused-ring (bicyclic) bond motifs is 1. The third kappa shape index (κ3) is 2.27. The maximum atomic E-state index is 4.42. The third-order valence-electron chi connectivity index (χ3n) is 3.13. The second-order valence-electron chi connectivity index (χ2n) is 4.40. The van der Waals surface area contributed by atoms with Crippen LogP contribution in [0.5, 0.6) is 0 Å². The molecular weight excluding hydrogens is 256 g/mol. The minimum atomic E-state index is 0.560. The summed E-state index contributed by atoms with van der Waals surface area (Å²) in [6, 6.07) is 2.01. The molecule has 20 heavy (non-hydrogen) atoms. The molecule has 0 aromatic carbocycles. The molecule has 3 N–H and O–H groups in total. The van der Waals surface area contributed by atoms with Crippen LogP contribution in [0.15, 0.2) is 18.5 Å². The molecule has 0 unspecified atom stereocenters. The van der Waals surface area contributed by atoms with Gasteiger partial charge in [-0.2, -0.15) is 20.2 Å². The molecule has 104 valence electrons. The predicted molar refractivity (Wildman–Crippen MR) is 76.6 cm³/mol. The van der Waals surface area contributed by atoms with Gasteiger partial charge in [-0.3, -0.25) is 9.78 Å². The zero-order valence-electron chi connectivity index (χ0n) is 11.4. The van der Waals surface area contributed by atoms with Gasteiger partial charge in [-0.15, -0.1) is 0 Å². The summed E-state index contributed by atoms with van der Waals surface area (Å²) in [6.45, 7) is 0.764. The SMILES string of the molecule is CNc1nc(NCCc2ccnn2C)c2cn[nH]c2n1. The Morgan fingerprint density at radius 1 is 1.35 bits per heavy atom. The van der Waals surface area contributed by atoms with Crippen molar-refractivity contribution in [1.29, 1.82) is 0 Å². The average Bonchev–Trinajstić information content (AvgIpc) is 3.07. The highest BCUT2D eigenvalue weighted by Gasteiger charge is 2.08. The van der Waals surface area contributed by atoms with Crippen molar-refractivity contribution in [3.8, 4) is 0 Å². The van der Waals surface area contributed by atoms with Crippen molar-refractivity contribution >= 4 is 22.8 Å². The molecule has 0 aliphatic heterocycles. The number of nitrogens with zero attached hydrogens (tertiary/aromatic N) is 5. The number of aryl methyl sites for hydroxylation is 1. The van der Waals surface area contributed by atoms with Crippen LogP contribution >= 0.6 is 0 Å². The van der Waals surface area contributed by atoms with Gasteiger partial charge in [0, 0.05) is 39.0 Å². The highest BCUT2D eigenvalue weighted by molar-refractivity contribution is 5.86. The Morgan fingerprint density at radius 3 is 3.00 bits per heavy atom. The Balaban J connectivity index is 1.76. The standard InChI is InChI=1S/C12H16N8/c1-13-12-17-10(9-7-15-19-11(9)18-12)14-5-3-8-4-6-16-20(8)2/h4,6-7H,3,5H2,1-2H3,(H3,13,14,15,17,18,19). The lowest BCUT2D eigenvalue weighted by Gasteiger charge is -2.08. The van der Waals surface area contributed by atoms with Crippen LogP contribution in [-0.2, 0) is 13.5 Å². The van der Waals surface area contributed by atoms with Crippen molar-refractivity contribution in [3.05, 3.63) is 24.2 Å². The Labute approximate surface area is 115 Å².